The van der Waals surface area contributed by atoms with Gasteiger partial charge >= 0.3 is 12.1 Å². The monoisotopic (exact) mass is 382 g/mol. The van der Waals surface area contributed by atoms with E-state index in [-0.39, 0.29) is 19.6 Å². The molecule has 3 N–H and O–H groups in total. The maximum Gasteiger partial charge on any atom is 0.407 e. The zero-order valence-electron chi connectivity index (χ0n) is 15.2. The van der Waals surface area contributed by atoms with Crippen LogP contribution >= 0.6 is 0 Å². The van der Waals surface area contributed by atoms with Gasteiger partial charge in [0.25, 0.3) is 0 Å². The van der Waals surface area contributed by atoms with Crippen LogP contribution in [0.5, 0.6) is 0 Å². The molecule has 0 unspecified atom stereocenters. The first-order chi connectivity index (χ1) is 13.5. The van der Waals surface area contributed by atoms with Gasteiger partial charge in [-0.15, -0.1) is 0 Å². The van der Waals surface area contributed by atoms with E-state index < -0.39 is 24.0 Å². The zero-order valence-corrected chi connectivity index (χ0v) is 15.2. The van der Waals surface area contributed by atoms with Crippen molar-refractivity contribution in [2.24, 2.45) is 0 Å². The molecule has 7 nitrogen and oxygen atoms in total. The zero-order chi connectivity index (χ0) is 20.2. The molecule has 0 fully saturated rings. The highest BCUT2D eigenvalue weighted by Gasteiger charge is 2.18. The van der Waals surface area contributed by atoms with Gasteiger partial charge in [0.1, 0.15) is 19.2 Å². The van der Waals surface area contributed by atoms with Crippen molar-refractivity contribution < 1.29 is 24.2 Å². The van der Waals surface area contributed by atoms with E-state index in [9.17, 15) is 19.5 Å². The smallest absolute Gasteiger partial charge is 0.407 e. The summed E-state index contributed by atoms with van der Waals surface area (Å²) in [5.74, 6) is -1.77. The summed E-state index contributed by atoms with van der Waals surface area (Å²) >= 11 is 0. The minimum absolute atomic E-state index is 0.0797. The Bertz CT molecular complexity index is 806. The van der Waals surface area contributed by atoms with Gasteiger partial charge in [0.2, 0.25) is 5.91 Å². The molecule has 2 amide bonds. The SMILES string of the molecule is O=C(CNC(=O)OCc1ccccc1)N[C@H](C/C=C/c1ccccc1)C(=O)O. The van der Waals surface area contributed by atoms with Crippen LogP contribution in [-0.2, 0) is 20.9 Å². The van der Waals surface area contributed by atoms with E-state index in [1.807, 2.05) is 48.5 Å². The van der Waals surface area contributed by atoms with Crippen molar-refractivity contribution in [3.8, 4) is 0 Å². The number of carboxylic acids is 1. The average molecular weight is 382 g/mol. The third kappa shape index (κ3) is 7.74. The maximum atomic E-state index is 11.9. The van der Waals surface area contributed by atoms with Gasteiger partial charge in [0.05, 0.1) is 0 Å². The molecule has 0 heterocycles. The van der Waals surface area contributed by atoms with Crippen LogP contribution in [0.2, 0.25) is 0 Å². The Hall–Kier alpha value is -3.61. The maximum absolute atomic E-state index is 11.9. The van der Waals surface area contributed by atoms with Crippen LogP contribution in [0.25, 0.3) is 6.08 Å². The van der Waals surface area contributed by atoms with Crippen molar-refractivity contribution in [3.05, 3.63) is 77.9 Å². The third-order valence-electron chi connectivity index (χ3n) is 3.72. The fourth-order valence-electron chi connectivity index (χ4n) is 2.30. The molecule has 2 aromatic carbocycles. The lowest BCUT2D eigenvalue weighted by Gasteiger charge is -2.13. The number of benzene rings is 2. The second-order valence-electron chi connectivity index (χ2n) is 5.92. The Labute approximate surface area is 163 Å². The second kappa shape index (κ2) is 11.2. The van der Waals surface area contributed by atoms with Gasteiger partial charge < -0.3 is 20.5 Å². The molecule has 1 atom stereocenters. The first-order valence-electron chi connectivity index (χ1n) is 8.73. The van der Waals surface area contributed by atoms with E-state index in [2.05, 4.69) is 10.6 Å². The number of carboxylic acid groups (broad SMARTS) is 1. The Balaban J connectivity index is 1.73. The van der Waals surface area contributed by atoms with Crippen molar-refractivity contribution >= 4 is 24.0 Å². The molecule has 0 bridgehead atoms. The quantitative estimate of drug-likeness (QED) is 0.618. The molecule has 28 heavy (non-hydrogen) atoms. The van der Waals surface area contributed by atoms with E-state index in [1.165, 1.54) is 0 Å². The van der Waals surface area contributed by atoms with Crippen molar-refractivity contribution in [2.45, 2.75) is 19.1 Å². The lowest BCUT2D eigenvalue weighted by Crippen LogP contribution is -2.45. The number of aliphatic carboxylic acids is 1. The number of alkyl carbamates (subject to hydrolysis) is 1. The molecule has 0 saturated heterocycles. The van der Waals surface area contributed by atoms with E-state index in [0.29, 0.717) is 0 Å². The molecule has 0 aliphatic rings. The summed E-state index contributed by atoms with van der Waals surface area (Å²) in [6, 6.07) is 17.4. The molecule has 0 aromatic heterocycles. The average Bonchev–Trinajstić information content (AvgIpc) is 2.71. The molecule has 7 heteroatoms. The number of carbonyl (C=O) groups excluding carboxylic acids is 2. The van der Waals surface area contributed by atoms with E-state index in [1.54, 1.807) is 24.3 Å². The molecule has 0 saturated carbocycles. The largest absolute Gasteiger partial charge is 0.480 e. The Morgan fingerprint density at radius 2 is 1.64 bits per heavy atom. The van der Waals surface area contributed by atoms with Crippen molar-refractivity contribution in [2.75, 3.05) is 6.54 Å². The Morgan fingerprint density at radius 3 is 2.29 bits per heavy atom. The van der Waals surface area contributed by atoms with Crippen LogP contribution in [0.15, 0.2) is 66.7 Å². The van der Waals surface area contributed by atoms with E-state index >= 15 is 0 Å². The minimum Gasteiger partial charge on any atom is -0.480 e. The molecular formula is C21H22N2O5. The Kier molecular flexibility index (Phi) is 8.26. The highest BCUT2D eigenvalue weighted by atomic mass is 16.5. The topological polar surface area (TPSA) is 105 Å². The Morgan fingerprint density at radius 1 is 1.00 bits per heavy atom. The molecule has 0 aliphatic heterocycles. The van der Waals surface area contributed by atoms with Gasteiger partial charge in [0, 0.05) is 0 Å². The number of amides is 2. The predicted molar refractivity (Wildman–Crippen MR) is 104 cm³/mol. The summed E-state index contributed by atoms with van der Waals surface area (Å²) in [6.45, 7) is -0.296. The molecule has 2 rings (SSSR count). The molecule has 0 aliphatic carbocycles. The minimum atomic E-state index is -1.15. The number of nitrogens with one attached hydrogen (secondary N) is 2. The standard InChI is InChI=1S/C21H22N2O5/c24-19(14-22-21(27)28-15-17-10-5-2-6-11-17)23-18(20(25)26)13-7-12-16-8-3-1-4-9-16/h1-12,18H,13-15H2,(H,22,27)(H,23,24)(H,25,26)/b12-7+/t18-/m1/s1. The van der Waals surface area contributed by atoms with Gasteiger partial charge in [-0.1, -0.05) is 72.8 Å². The van der Waals surface area contributed by atoms with Crippen LogP contribution in [0.4, 0.5) is 4.79 Å². The van der Waals surface area contributed by atoms with Crippen LogP contribution in [0, 0.1) is 0 Å². The number of rotatable bonds is 9. The lowest BCUT2D eigenvalue weighted by molar-refractivity contribution is -0.141. The van der Waals surface area contributed by atoms with Gasteiger partial charge in [-0.2, -0.15) is 0 Å². The highest BCUT2D eigenvalue weighted by molar-refractivity contribution is 5.86. The third-order valence-corrected chi connectivity index (χ3v) is 3.72. The van der Waals surface area contributed by atoms with Gasteiger partial charge in [-0.25, -0.2) is 9.59 Å². The number of hydrogen-bond acceptors (Lipinski definition) is 4. The summed E-state index contributed by atoms with van der Waals surface area (Å²) in [7, 11) is 0. The van der Waals surface area contributed by atoms with Crippen LogP contribution in [-0.4, -0.2) is 35.7 Å². The fourth-order valence-corrected chi connectivity index (χ4v) is 2.30. The summed E-state index contributed by atoms with van der Waals surface area (Å²) in [4.78, 5) is 34.8. The second-order valence-corrected chi connectivity index (χ2v) is 5.92. The van der Waals surface area contributed by atoms with E-state index in [0.717, 1.165) is 11.1 Å². The molecular weight excluding hydrogens is 360 g/mol. The lowest BCUT2D eigenvalue weighted by atomic mass is 10.1. The van der Waals surface area contributed by atoms with Gasteiger partial charge in [-0.3, -0.25) is 4.79 Å². The molecule has 0 radical (unpaired) electrons. The van der Waals surface area contributed by atoms with Crippen LogP contribution < -0.4 is 10.6 Å². The van der Waals surface area contributed by atoms with Crippen LogP contribution in [0.1, 0.15) is 17.5 Å². The first kappa shape index (κ1) is 20.7. The summed E-state index contributed by atoms with van der Waals surface area (Å²) in [6.07, 6.45) is 2.82. The number of hydrogen-bond donors (Lipinski definition) is 3. The van der Waals surface area contributed by atoms with Gasteiger partial charge in [-0.05, 0) is 17.5 Å². The predicted octanol–water partition coefficient (Wildman–Crippen LogP) is 2.59. The normalized spacial score (nSPS) is 11.6. The molecule has 146 valence electrons. The fraction of sp³-hybridized carbons (Fsp3) is 0.190. The summed E-state index contributed by atoms with van der Waals surface area (Å²) in [5.41, 5.74) is 1.75. The summed E-state index contributed by atoms with van der Waals surface area (Å²) < 4.78 is 4.99. The van der Waals surface area contributed by atoms with Crippen molar-refractivity contribution in [1.29, 1.82) is 0 Å². The summed E-state index contributed by atoms with van der Waals surface area (Å²) in [5, 5.41) is 13.9. The van der Waals surface area contributed by atoms with Gasteiger partial charge in [0.15, 0.2) is 0 Å². The number of carbonyl (C=O) groups is 3. The van der Waals surface area contributed by atoms with E-state index in [4.69, 9.17) is 4.74 Å². The van der Waals surface area contributed by atoms with Crippen molar-refractivity contribution in [1.82, 2.24) is 10.6 Å². The van der Waals surface area contributed by atoms with Crippen LogP contribution in [0.3, 0.4) is 0 Å². The highest BCUT2D eigenvalue weighted by Crippen LogP contribution is 2.04. The molecule has 2 aromatic rings. The number of ether oxygens (including phenoxy) is 1. The van der Waals surface area contributed by atoms with Crippen molar-refractivity contribution in [3.63, 3.8) is 0 Å². The molecule has 0 spiro atoms. The first-order valence-corrected chi connectivity index (χ1v) is 8.73.